The lowest BCUT2D eigenvalue weighted by atomic mass is 9.98. The molecule has 0 aromatic heterocycles. The third-order valence-corrected chi connectivity index (χ3v) is 4.22. The van der Waals surface area contributed by atoms with Gasteiger partial charge in [-0.25, -0.2) is 4.79 Å². The Labute approximate surface area is 123 Å². The fraction of sp³-hybridized carbons (Fsp3) is 0.467. The first kappa shape index (κ1) is 14.9. The van der Waals surface area contributed by atoms with Gasteiger partial charge in [-0.15, -0.1) is 0 Å². The Bertz CT molecular complexity index is 546. The molecule has 1 aliphatic carbocycles. The van der Waals surface area contributed by atoms with Gasteiger partial charge in [0.25, 0.3) is 0 Å². The molecule has 0 heterocycles. The van der Waals surface area contributed by atoms with Gasteiger partial charge in [0.15, 0.2) is 0 Å². The summed E-state index contributed by atoms with van der Waals surface area (Å²) in [4.78, 5) is 23.3. The molecule has 5 heteroatoms. The second-order valence-electron chi connectivity index (χ2n) is 5.48. The first-order chi connectivity index (χ1) is 9.37. The third kappa shape index (κ3) is 2.96. The third-order valence-electron chi connectivity index (χ3n) is 3.98. The van der Waals surface area contributed by atoms with Crippen LogP contribution in [0, 0.1) is 5.92 Å². The summed E-state index contributed by atoms with van der Waals surface area (Å²) in [5.74, 6) is -1.21. The normalized spacial score (nSPS) is 23.8. The average molecular weight is 296 g/mol. The SMILES string of the molecule is CCC(C)(NC(=O)C1CC1c1cccc(Cl)c1)C(=O)O. The molecule has 2 N–H and O–H groups in total. The molecule has 3 atom stereocenters. The summed E-state index contributed by atoms with van der Waals surface area (Å²) in [7, 11) is 0. The minimum absolute atomic E-state index is 0.142. The molecule has 1 fully saturated rings. The van der Waals surface area contributed by atoms with Crippen molar-refractivity contribution < 1.29 is 14.7 Å². The van der Waals surface area contributed by atoms with Crippen LogP contribution in [-0.2, 0) is 9.59 Å². The number of aliphatic carboxylic acids is 1. The number of carboxylic acids is 1. The smallest absolute Gasteiger partial charge is 0.329 e. The molecule has 1 saturated carbocycles. The quantitative estimate of drug-likeness (QED) is 0.878. The van der Waals surface area contributed by atoms with Crippen LogP contribution in [0.15, 0.2) is 24.3 Å². The minimum atomic E-state index is -1.20. The molecule has 0 spiro atoms. The lowest BCUT2D eigenvalue weighted by Gasteiger charge is -2.24. The average Bonchev–Trinajstić information content (AvgIpc) is 3.18. The van der Waals surface area contributed by atoms with E-state index < -0.39 is 11.5 Å². The van der Waals surface area contributed by atoms with Crippen LogP contribution in [0.5, 0.6) is 0 Å². The van der Waals surface area contributed by atoms with Gasteiger partial charge in [0, 0.05) is 10.9 Å². The number of benzene rings is 1. The largest absolute Gasteiger partial charge is 0.480 e. The van der Waals surface area contributed by atoms with Crippen molar-refractivity contribution in [1.82, 2.24) is 5.32 Å². The van der Waals surface area contributed by atoms with Crippen molar-refractivity contribution >= 4 is 23.5 Å². The van der Waals surface area contributed by atoms with Crippen LogP contribution in [0.2, 0.25) is 5.02 Å². The summed E-state index contributed by atoms with van der Waals surface area (Å²) in [6.07, 6.45) is 1.09. The van der Waals surface area contributed by atoms with Crippen molar-refractivity contribution in [1.29, 1.82) is 0 Å². The summed E-state index contributed by atoms with van der Waals surface area (Å²) in [6.45, 7) is 3.28. The number of hydrogen-bond donors (Lipinski definition) is 2. The molecule has 1 aliphatic rings. The number of amides is 1. The Balaban J connectivity index is 2.02. The van der Waals surface area contributed by atoms with E-state index in [-0.39, 0.29) is 17.7 Å². The Morgan fingerprint density at radius 3 is 2.75 bits per heavy atom. The van der Waals surface area contributed by atoms with Crippen LogP contribution in [-0.4, -0.2) is 22.5 Å². The molecule has 2 rings (SSSR count). The van der Waals surface area contributed by atoms with E-state index >= 15 is 0 Å². The van der Waals surface area contributed by atoms with Crippen molar-refractivity contribution in [3.05, 3.63) is 34.9 Å². The Morgan fingerprint density at radius 1 is 1.50 bits per heavy atom. The van der Waals surface area contributed by atoms with Crippen LogP contribution >= 0.6 is 11.6 Å². The molecule has 20 heavy (non-hydrogen) atoms. The van der Waals surface area contributed by atoms with Crippen molar-refractivity contribution in [3.8, 4) is 0 Å². The van der Waals surface area contributed by atoms with Crippen molar-refractivity contribution in [2.45, 2.75) is 38.1 Å². The van der Waals surface area contributed by atoms with Crippen LogP contribution < -0.4 is 5.32 Å². The molecule has 0 aliphatic heterocycles. The van der Waals surface area contributed by atoms with Gasteiger partial charge in [0.2, 0.25) is 5.91 Å². The molecule has 0 bridgehead atoms. The molecule has 108 valence electrons. The van der Waals surface area contributed by atoms with Crippen molar-refractivity contribution in [3.63, 3.8) is 0 Å². The molecule has 4 nitrogen and oxygen atoms in total. The predicted molar refractivity (Wildman–Crippen MR) is 76.8 cm³/mol. The summed E-state index contributed by atoms with van der Waals surface area (Å²) < 4.78 is 0. The second-order valence-corrected chi connectivity index (χ2v) is 5.92. The van der Waals surface area contributed by atoms with Gasteiger partial charge < -0.3 is 10.4 Å². The van der Waals surface area contributed by atoms with E-state index in [0.717, 1.165) is 12.0 Å². The molecule has 1 aromatic rings. The summed E-state index contributed by atoms with van der Waals surface area (Å²) in [5.41, 5.74) is -0.162. The van der Waals surface area contributed by atoms with Crippen LogP contribution in [0.4, 0.5) is 0 Å². The topological polar surface area (TPSA) is 66.4 Å². The lowest BCUT2D eigenvalue weighted by Crippen LogP contribution is -2.52. The number of carbonyl (C=O) groups excluding carboxylic acids is 1. The first-order valence-corrected chi connectivity index (χ1v) is 7.06. The number of carboxylic acid groups (broad SMARTS) is 1. The van der Waals surface area contributed by atoms with Crippen LogP contribution in [0.1, 0.15) is 38.2 Å². The summed E-state index contributed by atoms with van der Waals surface area (Å²) in [5, 5.41) is 12.5. The maximum atomic E-state index is 12.1. The molecule has 0 radical (unpaired) electrons. The molecular weight excluding hydrogens is 278 g/mol. The van der Waals surface area contributed by atoms with E-state index in [0.29, 0.717) is 11.4 Å². The zero-order valence-corrected chi connectivity index (χ0v) is 12.3. The fourth-order valence-electron chi connectivity index (χ4n) is 2.25. The number of hydrogen-bond acceptors (Lipinski definition) is 2. The van der Waals surface area contributed by atoms with E-state index in [9.17, 15) is 14.7 Å². The second kappa shape index (κ2) is 5.44. The molecule has 3 unspecified atom stereocenters. The Hall–Kier alpha value is -1.55. The monoisotopic (exact) mass is 295 g/mol. The Morgan fingerprint density at radius 2 is 2.20 bits per heavy atom. The molecule has 0 saturated heterocycles. The lowest BCUT2D eigenvalue weighted by molar-refractivity contribution is -0.147. The maximum Gasteiger partial charge on any atom is 0.329 e. The zero-order chi connectivity index (χ0) is 14.9. The Kier molecular flexibility index (Phi) is 4.04. The highest BCUT2D eigenvalue weighted by molar-refractivity contribution is 6.30. The number of rotatable bonds is 5. The van der Waals surface area contributed by atoms with Gasteiger partial charge >= 0.3 is 5.97 Å². The maximum absolute atomic E-state index is 12.1. The zero-order valence-electron chi connectivity index (χ0n) is 11.5. The number of halogens is 1. The van der Waals surface area contributed by atoms with E-state index in [2.05, 4.69) is 5.32 Å². The van der Waals surface area contributed by atoms with E-state index in [4.69, 9.17) is 11.6 Å². The molecular formula is C15H18ClNO3. The van der Waals surface area contributed by atoms with Gasteiger partial charge in [0.05, 0.1) is 0 Å². The van der Waals surface area contributed by atoms with E-state index in [1.165, 1.54) is 6.92 Å². The van der Waals surface area contributed by atoms with Gasteiger partial charge in [-0.3, -0.25) is 4.79 Å². The molecule has 1 amide bonds. The van der Waals surface area contributed by atoms with Gasteiger partial charge in [0.1, 0.15) is 5.54 Å². The first-order valence-electron chi connectivity index (χ1n) is 6.68. The highest BCUT2D eigenvalue weighted by atomic mass is 35.5. The minimum Gasteiger partial charge on any atom is -0.480 e. The van der Waals surface area contributed by atoms with Gasteiger partial charge in [-0.2, -0.15) is 0 Å². The number of nitrogens with one attached hydrogen (secondary N) is 1. The van der Waals surface area contributed by atoms with Crippen molar-refractivity contribution in [2.75, 3.05) is 0 Å². The van der Waals surface area contributed by atoms with E-state index in [1.807, 2.05) is 18.2 Å². The van der Waals surface area contributed by atoms with Crippen molar-refractivity contribution in [2.24, 2.45) is 5.92 Å². The van der Waals surface area contributed by atoms with Gasteiger partial charge in [-0.05, 0) is 43.4 Å². The van der Waals surface area contributed by atoms with Gasteiger partial charge in [-0.1, -0.05) is 30.7 Å². The van der Waals surface area contributed by atoms with Crippen LogP contribution in [0.3, 0.4) is 0 Å². The predicted octanol–water partition coefficient (Wildman–Crippen LogP) is 2.81. The highest BCUT2D eigenvalue weighted by Gasteiger charge is 2.46. The standard InChI is InChI=1S/C15H18ClNO3/c1-3-15(2,14(19)20)17-13(18)12-8-11(12)9-5-4-6-10(16)7-9/h4-7,11-12H,3,8H2,1-2H3,(H,17,18)(H,19,20). The summed E-state index contributed by atoms with van der Waals surface area (Å²) in [6, 6.07) is 7.45. The highest BCUT2D eigenvalue weighted by Crippen LogP contribution is 2.48. The fourth-order valence-corrected chi connectivity index (χ4v) is 2.45. The molecule has 1 aromatic carbocycles. The number of carbonyl (C=O) groups is 2. The van der Waals surface area contributed by atoms with E-state index in [1.54, 1.807) is 13.0 Å². The van der Waals surface area contributed by atoms with Crippen LogP contribution in [0.25, 0.3) is 0 Å². The summed E-state index contributed by atoms with van der Waals surface area (Å²) >= 11 is 5.94.